The summed E-state index contributed by atoms with van der Waals surface area (Å²) in [5, 5.41) is 65.1. The Morgan fingerprint density at radius 1 is 0.557 bits per heavy atom. The van der Waals surface area contributed by atoms with Crippen molar-refractivity contribution in [3.8, 4) is 5.75 Å². The highest BCUT2D eigenvalue weighted by Crippen LogP contribution is 2.27. The monoisotopic (exact) mass is 1460 g/mol. The molecule has 1 unspecified atom stereocenters. The Kier molecular flexibility index (Phi) is 35.9. The molecule has 528 valence electrons. The van der Waals surface area contributed by atoms with Crippen LogP contribution in [0, 0.1) is 3.57 Å². The molecule has 1 heterocycles. The van der Waals surface area contributed by atoms with Gasteiger partial charge in [-0.05, 0) is 133 Å². The predicted octanol–water partition coefficient (Wildman–Crippen LogP) is 1.65. The van der Waals surface area contributed by atoms with E-state index >= 15 is 0 Å². The number of aldehydes is 1. The molecule has 30 heteroatoms. The van der Waals surface area contributed by atoms with E-state index in [1.807, 2.05) is 78.9 Å². The lowest BCUT2D eigenvalue weighted by molar-refractivity contribution is -0.140. The van der Waals surface area contributed by atoms with Crippen LogP contribution in [0.5, 0.6) is 5.75 Å². The summed E-state index contributed by atoms with van der Waals surface area (Å²) >= 11 is 2.23. The summed E-state index contributed by atoms with van der Waals surface area (Å²) in [6, 6.07) is 28.1. The van der Waals surface area contributed by atoms with Crippen LogP contribution in [0.2, 0.25) is 0 Å². The van der Waals surface area contributed by atoms with Crippen molar-refractivity contribution >= 4 is 94.0 Å². The number of aliphatic imine (C=N–C) groups is 1. The molecular weight excluding hydrogens is 1370 g/mol. The standard InChI is InChI=1S/C67H94IN15O14/c1-2-57(86)72-32-33-75-67(97)79-66(69)74-29-8-14-55(64(95)76-42-48-18-26-53(85)27-19-48)78-65(96)62(49-11-4-3-5-12-49)50-20-24-52(25-21-50)70-30-9-31-73-63(94)54(77-58(87)15-6-10-47-16-22-51(68)23-17-47)13-7-28-71-56(46-84)83-40-38-81(44-60(90)91)36-34-80(43-59(88)89)35-37-82(39-41-83)45-61(92)93/h3-5,11-12,16-27,46,54-56,62,70-71,85H,2,6-10,13-15,28-45H2,1H3,(H,72,86)(H,73,94)(H,76,95)(H,77,87)(H,78,96)(H,88,89)(H,90,91)(H,92,93)(H4,69,74,75,79,97)/t54-,55-,56?,62+/m1/s1. The number of aryl methyl sites for hydroxylation is 1. The number of nitrogens with one attached hydrogen (secondary N) is 9. The zero-order valence-corrected chi connectivity index (χ0v) is 57.0. The largest absolute Gasteiger partial charge is 0.508 e. The normalized spacial score (nSPS) is 14.9. The van der Waals surface area contributed by atoms with Crippen molar-refractivity contribution in [3.05, 3.63) is 129 Å². The number of urea groups is 1. The Balaban J connectivity index is 1.20. The lowest BCUT2D eigenvalue weighted by atomic mass is 9.90. The predicted molar refractivity (Wildman–Crippen MR) is 373 cm³/mol. The summed E-state index contributed by atoms with van der Waals surface area (Å²) in [6.45, 7) is 4.05. The molecule has 1 aliphatic heterocycles. The Labute approximate surface area is 579 Å². The van der Waals surface area contributed by atoms with E-state index in [1.165, 1.54) is 12.1 Å². The van der Waals surface area contributed by atoms with Gasteiger partial charge in [-0.15, -0.1) is 0 Å². The Bertz CT molecular complexity index is 3140. The third-order valence-electron chi connectivity index (χ3n) is 15.8. The minimum atomic E-state index is -1.08. The van der Waals surface area contributed by atoms with Crippen molar-refractivity contribution in [2.75, 3.05) is 117 Å². The van der Waals surface area contributed by atoms with Gasteiger partial charge in [-0.25, -0.2) is 4.79 Å². The van der Waals surface area contributed by atoms with E-state index in [0.717, 1.165) is 20.4 Å². The number of aliphatic carboxylic acids is 3. The molecule has 0 bridgehead atoms. The number of phenols is 1. The smallest absolute Gasteiger partial charge is 0.344 e. The molecule has 0 spiro atoms. The van der Waals surface area contributed by atoms with Gasteiger partial charge in [-0.3, -0.25) is 63.3 Å². The number of carboxylic acid groups (broad SMARTS) is 3. The van der Waals surface area contributed by atoms with Crippen LogP contribution in [0.1, 0.15) is 86.5 Å². The molecule has 0 saturated carbocycles. The third kappa shape index (κ3) is 31.7. The maximum absolute atomic E-state index is 14.5. The van der Waals surface area contributed by atoms with Crippen molar-refractivity contribution < 1.29 is 68.4 Å². The molecular formula is C67H94IN15O14. The number of amides is 7. The maximum atomic E-state index is 14.5. The molecule has 7 amide bonds. The summed E-state index contributed by atoms with van der Waals surface area (Å²) in [5.74, 6) is -5.92. The van der Waals surface area contributed by atoms with E-state index in [4.69, 9.17) is 5.73 Å². The number of benzene rings is 4. The summed E-state index contributed by atoms with van der Waals surface area (Å²) in [5.41, 5.74) is 9.80. The van der Waals surface area contributed by atoms with E-state index in [-0.39, 0.29) is 154 Å². The fourth-order valence-electron chi connectivity index (χ4n) is 10.6. The van der Waals surface area contributed by atoms with Gasteiger partial charge in [0.1, 0.15) is 24.0 Å². The number of carboxylic acids is 3. The zero-order valence-electron chi connectivity index (χ0n) is 54.9. The van der Waals surface area contributed by atoms with Crippen molar-refractivity contribution in [1.82, 2.24) is 62.1 Å². The first-order valence-corrected chi connectivity index (χ1v) is 33.7. The molecule has 1 fully saturated rings. The molecule has 15 N–H and O–H groups in total. The van der Waals surface area contributed by atoms with Crippen LogP contribution in [0.25, 0.3) is 0 Å². The van der Waals surface area contributed by atoms with Gasteiger partial charge in [0.25, 0.3) is 0 Å². The number of carbonyl (C=O) groups is 10. The van der Waals surface area contributed by atoms with Crippen molar-refractivity contribution in [2.45, 2.75) is 95.4 Å². The van der Waals surface area contributed by atoms with Crippen LogP contribution in [0.15, 0.2) is 108 Å². The number of phenolic OH excluding ortho intramolecular Hbond substituents is 1. The van der Waals surface area contributed by atoms with Gasteiger partial charge in [-0.1, -0.05) is 73.7 Å². The molecule has 4 atom stereocenters. The van der Waals surface area contributed by atoms with E-state index in [9.17, 15) is 68.4 Å². The quantitative estimate of drug-likeness (QED) is 0.00993. The van der Waals surface area contributed by atoms with Gasteiger partial charge in [-0.2, -0.15) is 4.99 Å². The van der Waals surface area contributed by atoms with Gasteiger partial charge in [0.15, 0.2) is 12.2 Å². The summed E-state index contributed by atoms with van der Waals surface area (Å²) in [4.78, 5) is 138. The number of guanidine groups is 1. The van der Waals surface area contributed by atoms with Crippen LogP contribution < -0.4 is 53.6 Å². The number of halogens is 1. The molecule has 1 aliphatic rings. The second-order valence-electron chi connectivity index (χ2n) is 23.3. The fourth-order valence-corrected chi connectivity index (χ4v) is 10.9. The summed E-state index contributed by atoms with van der Waals surface area (Å²) in [7, 11) is 0. The Hall–Kier alpha value is -8.82. The maximum Gasteiger partial charge on any atom is 0.344 e. The van der Waals surface area contributed by atoms with Gasteiger partial charge in [0, 0.05) is 114 Å². The molecule has 29 nitrogen and oxygen atoms in total. The molecule has 0 radical (unpaired) electrons. The second kappa shape index (κ2) is 44.1. The number of nitrogens with two attached hydrogens (primary N) is 1. The highest BCUT2D eigenvalue weighted by atomic mass is 127. The number of rotatable bonds is 39. The van der Waals surface area contributed by atoms with Crippen molar-refractivity contribution in [3.63, 3.8) is 0 Å². The Morgan fingerprint density at radius 2 is 1.09 bits per heavy atom. The molecule has 5 rings (SSSR count). The highest BCUT2D eigenvalue weighted by Gasteiger charge is 2.29. The first-order chi connectivity index (χ1) is 46.7. The van der Waals surface area contributed by atoms with Crippen molar-refractivity contribution in [1.29, 1.82) is 0 Å². The summed E-state index contributed by atoms with van der Waals surface area (Å²) < 4.78 is 1.09. The van der Waals surface area contributed by atoms with Gasteiger partial charge in [0.2, 0.25) is 29.5 Å². The van der Waals surface area contributed by atoms with Gasteiger partial charge in [0.05, 0.1) is 25.6 Å². The van der Waals surface area contributed by atoms with E-state index in [0.29, 0.717) is 62.5 Å². The lowest BCUT2D eigenvalue weighted by Crippen LogP contribution is -2.54. The molecule has 4 aromatic carbocycles. The Morgan fingerprint density at radius 3 is 1.68 bits per heavy atom. The number of carbonyl (C=O) groups excluding carboxylic acids is 7. The SMILES string of the molecule is CCC(=O)NCCNC(=O)/N=C(/N)NCCC[C@@H](NC(=O)[C@@H](c1ccccc1)c1ccc(NCCCNC(=O)[C@@H](CCCNC(C=O)N2CCN(CC(=O)O)CCN(CC(=O)O)CCN(CC(=O)O)CC2)NC(=O)CCCc2ccc(I)cc2)cc1)C(=O)NCc1ccc(O)cc1. The first-order valence-electron chi connectivity index (χ1n) is 32.6. The summed E-state index contributed by atoms with van der Waals surface area (Å²) in [6.07, 6.45) is 3.03. The van der Waals surface area contributed by atoms with E-state index < -0.39 is 65.8 Å². The minimum absolute atomic E-state index is 0.0676. The number of nitrogens with zero attached hydrogens (tertiary/aromatic N) is 5. The molecule has 4 aromatic rings. The number of aromatic hydroxyl groups is 1. The molecule has 0 aromatic heterocycles. The first kappa shape index (κ1) is 78.9. The van der Waals surface area contributed by atoms with Crippen LogP contribution in [-0.4, -0.2) is 235 Å². The number of anilines is 1. The van der Waals surface area contributed by atoms with Gasteiger partial charge < -0.3 is 73.5 Å². The third-order valence-corrected chi connectivity index (χ3v) is 16.5. The average molecular weight is 1460 g/mol. The fraction of sp³-hybridized carbons (Fsp3) is 0.478. The second-order valence-corrected chi connectivity index (χ2v) is 24.6. The molecule has 97 heavy (non-hydrogen) atoms. The van der Waals surface area contributed by atoms with Crippen LogP contribution in [-0.2, 0) is 56.1 Å². The number of hydrogen-bond donors (Lipinski definition) is 14. The van der Waals surface area contributed by atoms with Crippen LogP contribution in [0.3, 0.4) is 0 Å². The topological polar surface area (TPSA) is 411 Å². The lowest BCUT2D eigenvalue weighted by Gasteiger charge is -2.35. The van der Waals surface area contributed by atoms with Crippen molar-refractivity contribution in [2.24, 2.45) is 10.7 Å². The molecule has 0 aliphatic carbocycles. The minimum Gasteiger partial charge on any atom is -0.508 e. The zero-order chi connectivity index (χ0) is 70.3. The van der Waals surface area contributed by atoms with Gasteiger partial charge >= 0.3 is 23.9 Å². The van der Waals surface area contributed by atoms with E-state index in [2.05, 4.69) is 75.4 Å². The number of hydrogen-bond acceptors (Lipinski definition) is 17. The van der Waals surface area contributed by atoms with Crippen LogP contribution >= 0.6 is 22.6 Å². The average Bonchev–Trinajstić information content (AvgIpc) is 0.825. The van der Waals surface area contributed by atoms with Crippen LogP contribution in [0.4, 0.5) is 10.5 Å². The molecule has 1 saturated heterocycles. The van der Waals surface area contributed by atoms with E-state index in [1.54, 1.807) is 38.7 Å². The highest BCUT2D eigenvalue weighted by molar-refractivity contribution is 14.1.